The number of hydrogen-bond acceptors (Lipinski definition) is 4. The molecule has 2 aromatic rings. The van der Waals surface area contributed by atoms with Crippen LogP contribution >= 0.6 is 15.9 Å². The Morgan fingerprint density at radius 3 is 2.37 bits per heavy atom. The molecule has 0 aliphatic carbocycles. The fraction of sp³-hybridized carbons (Fsp3) is 0.348. The van der Waals surface area contributed by atoms with Crippen LogP contribution in [0.1, 0.15) is 33.6 Å². The molecule has 1 unspecified atom stereocenters. The molecular formula is C23H25BrN2O4. The molecule has 1 atom stereocenters. The topological polar surface area (TPSA) is 66.9 Å². The Hall–Kier alpha value is -2.67. The number of carbonyl (C=O) groups is 3. The third-order valence-corrected chi connectivity index (χ3v) is 5.94. The van der Waals surface area contributed by atoms with Gasteiger partial charge in [-0.25, -0.2) is 4.90 Å². The molecule has 3 amide bonds. The SMILES string of the molecule is CCC(C)(C)N(C(=O)COc1ccccc1)C1CC(=O)N(c2ccc(Br)cc2)C1=O. The number of ether oxygens (including phenoxy) is 1. The monoisotopic (exact) mass is 472 g/mol. The van der Waals surface area contributed by atoms with Gasteiger partial charge < -0.3 is 9.64 Å². The van der Waals surface area contributed by atoms with E-state index in [-0.39, 0.29) is 24.8 Å². The summed E-state index contributed by atoms with van der Waals surface area (Å²) in [6.45, 7) is 5.54. The van der Waals surface area contributed by atoms with E-state index in [0.717, 1.165) is 4.47 Å². The largest absolute Gasteiger partial charge is 0.484 e. The maximum atomic E-state index is 13.2. The molecule has 0 spiro atoms. The molecule has 0 bridgehead atoms. The normalized spacial score (nSPS) is 16.7. The number of amides is 3. The van der Waals surface area contributed by atoms with Crippen LogP contribution in [-0.2, 0) is 14.4 Å². The lowest BCUT2D eigenvalue weighted by Crippen LogP contribution is -2.56. The minimum absolute atomic E-state index is 0.0462. The number of benzene rings is 2. The van der Waals surface area contributed by atoms with Gasteiger partial charge in [-0.3, -0.25) is 14.4 Å². The molecule has 1 heterocycles. The lowest BCUT2D eigenvalue weighted by atomic mass is 9.96. The maximum absolute atomic E-state index is 13.2. The molecule has 7 heteroatoms. The van der Waals surface area contributed by atoms with Crippen molar-refractivity contribution >= 4 is 39.3 Å². The van der Waals surface area contributed by atoms with Gasteiger partial charge in [0.2, 0.25) is 5.91 Å². The summed E-state index contributed by atoms with van der Waals surface area (Å²) >= 11 is 3.36. The van der Waals surface area contributed by atoms with Crippen molar-refractivity contribution < 1.29 is 19.1 Å². The molecule has 1 aliphatic rings. The Morgan fingerprint density at radius 1 is 1.13 bits per heavy atom. The summed E-state index contributed by atoms with van der Waals surface area (Å²) in [6.07, 6.45) is 0.579. The van der Waals surface area contributed by atoms with Crippen molar-refractivity contribution in [2.45, 2.75) is 45.2 Å². The quantitative estimate of drug-likeness (QED) is 0.566. The summed E-state index contributed by atoms with van der Waals surface area (Å²) < 4.78 is 6.48. The Balaban J connectivity index is 1.85. The summed E-state index contributed by atoms with van der Waals surface area (Å²) in [5.41, 5.74) is -0.120. The van der Waals surface area contributed by atoms with Crippen LogP contribution in [-0.4, -0.2) is 40.8 Å². The molecule has 6 nitrogen and oxygen atoms in total. The predicted molar refractivity (Wildman–Crippen MR) is 118 cm³/mol. The maximum Gasteiger partial charge on any atom is 0.261 e. The first kappa shape index (κ1) is 22.0. The molecule has 1 saturated heterocycles. The summed E-state index contributed by atoms with van der Waals surface area (Å²) in [7, 11) is 0. The second kappa shape index (κ2) is 9.00. The third-order valence-electron chi connectivity index (χ3n) is 5.41. The lowest BCUT2D eigenvalue weighted by molar-refractivity contribution is -0.146. The molecule has 3 rings (SSSR count). The Bertz CT molecular complexity index is 928. The highest BCUT2D eigenvalue weighted by Gasteiger charge is 2.48. The van der Waals surface area contributed by atoms with Gasteiger partial charge in [-0.2, -0.15) is 0 Å². The second-order valence-corrected chi connectivity index (χ2v) is 8.71. The smallest absolute Gasteiger partial charge is 0.261 e. The highest BCUT2D eigenvalue weighted by molar-refractivity contribution is 9.10. The zero-order valence-corrected chi connectivity index (χ0v) is 18.9. The number of imide groups is 1. The average molecular weight is 473 g/mol. The fourth-order valence-corrected chi connectivity index (χ4v) is 3.78. The van der Waals surface area contributed by atoms with Crippen molar-refractivity contribution in [3.8, 4) is 5.75 Å². The van der Waals surface area contributed by atoms with Gasteiger partial charge in [-0.1, -0.05) is 41.1 Å². The predicted octanol–water partition coefficient (Wildman–Crippen LogP) is 4.18. The van der Waals surface area contributed by atoms with Crippen molar-refractivity contribution in [3.63, 3.8) is 0 Å². The number of nitrogens with zero attached hydrogens (tertiary/aromatic N) is 2. The molecule has 0 aromatic heterocycles. The molecule has 1 aliphatic heterocycles. The minimum atomic E-state index is -0.858. The Kier molecular flexibility index (Phi) is 6.61. The van der Waals surface area contributed by atoms with Gasteiger partial charge in [0.1, 0.15) is 11.8 Å². The number of halogens is 1. The summed E-state index contributed by atoms with van der Waals surface area (Å²) in [4.78, 5) is 41.8. The molecular weight excluding hydrogens is 448 g/mol. The number of carbonyl (C=O) groups excluding carboxylic acids is 3. The zero-order chi connectivity index (χ0) is 21.9. The van der Waals surface area contributed by atoms with Crippen LogP contribution in [0.5, 0.6) is 5.75 Å². The van der Waals surface area contributed by atoms with Crippen molar-refractivity contribution in [1.29, 1.82) is 0 Å². The van der Waals surface area contributed by atoms with Crippen molar-refractivity contribution in [3.05, 3.63) is 59.1 Å². The van der Waals surface area contributed by atoms with Gasteiger partial charge in [-0.05, 0) is 56.7 Å². The van der Waals surface area contributed by atoms with E-state index in [9.17, 15) is 14.4 Å². The number of hydrogen-bond donors (Lipinski definition) is 0. The molecule has 2 aromatic carbocycles. The van der Waals surface area contributed by atoms with E-state index < -0.39 is 17.5 Å². The standard InChI is InChI=1S/C23H25BrN2O4/c1-4-23(2,3)26(21(28)15-30-18-8-6-5-7-9-18)19-14-20(27)25(22(19)29)17-12-10-16(24)11-13-17/h5-13,19H,4,14-15H2,1-3H3. The van der Waals surface area contributed by atoms with Gasteiger partial charge in [0, 0.05) is 10.0 Å². The van der Waals surface area contributed by atoms with Gasteiger partial charge >= 0.3 is 0 Å². The van der Waals surface area contributed by atoms with Crippen LogP contribution in [0.15, 0.2) is 59.1 Å². The van der Waals surface area contributed by atoms with Gasteiger partial charge in [0.15, 0.2) is 6.61 Å². The molecule has 0 radical (unpaired) electrons. The van der Waals surface area contributed by atoms with E-state index in [1.54, 1.807) is 36.4 Å². The second-order valence-electron chi connectivity index (χ2n) is 7.80. The number of anilines is 1. The van der Waals surface area contributed by atoms with Crippen LogP contribution in [0.3, 0.4) is 0 Å². The van der Waals surface area contributed by atoms with E-state index in [0.29, 0.717) is 17.9 Å². The van der Waals surface area contributed by atoms with Crippen molar-refractivity contribution in [1.82, 2.24) is 4.90 Å². The molecule has 0 saturated carbocycles. The first-order chi connectivity index (χ1) is 14.2. The third kappa shape index (κ3) is 4.56. The van der Waals surface area contributed by atoms with Crippen LogP contribution in [0.25, 0.3) is 0 Å². The average Bonchev–Trinajstić information content (AvgIpc) is 3.01. The van der Waals surface area contributed by atoms with Crippen LogP contribution in [0, 0.1) is 0 Å². The van der Waals surface area contributed by atoms with Crippen LogP contribution in [0.2, 0.25) is 0 Å². The number of para-hydroxylation sites is 1. The summed E-state index contributed by atoms with van der Waals surface area (Å²) in [5, 5.41) is 0. The summed E-state index contributed by atoms with van der Waals surface area (Å²) in [6, 6.07) is 15.1. The molecule has 158 valence electrons. The highest BCUT2D eigenvalue weighted by Crippen LogP contribution is 2.31. The van der Waals surface area contributed by atoms with E-state index in [1.165, 1.54) is 9.80 Å². The zero-order valence-electron chi connectivity index (χ0n) is 17.3. The number of rotatable bonds is 7. The van der Waals surface area contributed by atoms with Crippen LogP contribution < -0.4 is 9.64 Å². The first-order valence-corrected chi connectivity index (χ1v) is 10.7. The highest BCUT2D eigenvalue weighted by atomic mass is 79.9. The van der Waals surface area contributed by atoms with Gasteiger partial charge in [0.25, 0.3) is 11.8 Å². The van der Waals surface area contributed by atoms with Crippen molar-refractivity contribution in [2.24, 2.45) is 0 Å². The Labute approximate surface area is 184 Å². The summed E-state index contributed by atoms with van der Waals surface area (Å²) in [5.74, 6) is -0.460. The van der Waals surface area contributed by atoms with E-state index in [2.05, 4.69) is 15.9 Å². The molecule has 1 fully saturated rings. The molecule has 30 heavy (non-hydrogen) atoms. The van der Waals surface area contributed by atoms with E-state index >= 15 is 0 Å². The van der Waals surface area contributed by atoms with Gasteiger partial charge in [0.05, 0.1) is 12.1 Å². The van der Waals surface area contributed by atoms with E-state index in [1.807, 2.05) is 39.0 Å². The molecule has 0 N–H and O–H groups in total. The van der Waals surface area contributed by atoms with Crippen molar-refractivity contribution in [2.75, 3.05) is 11.5 Å². The first-order valence-electron chi connectivity index (χ1n) is 9.87. The van der Waals surface area contributed by atoms with Gasteiger partial charge in [-0.15, -0.1) is 0 Å². The Morgan fingerprint density at radius 2 is 1.77 bits per heavy atom. The lowest BCUT2D eigenvalue weighted by Gasteiger charge is -2.41. The fourth-order valence-electron chi connectivity index (χ4n) is 3.51. The minimum Gasteiger partial charge on any atom is -0.484 e. The van der Waals surface area contributed by atoms with Crippen LogP contribution in [0.4, 0.5) is 5.69 Å². The van der Waals surface area contributed by atoms with E-state index in [4.69, 9.17) is 4.74 Å².